The SMILES string of the molecule is COc1ccc(C(C[C@]23CO[C@@H](C2O)[C@H](n2cc(C#CCNC(=O)CNC(=O)C(F)(F)F)c(=O)[nH]c2=O)O3)(c2ccccc2)c2ccc(OC)cc2)cc1. The molecule has 13 nitrogen and oxygen atoms in total. The molecule has 54 heavy (non-hydrogen) atoms. The van der Waals surface area contributed by atoms with E-state index in [0.29, 0.717) is 11.5 Å². The van der Waals surface area contributed by atoms with E-state index in [2.05, 4.69) is 22.1 Å². The fraction of sp³-hybridized carbons (Fsp3) is 0.316. The average molecular weight is 749 g/mol. The topological polar surface area (TPSA) is 170 Å². The number of aromatic amines is 1. The molecule has 3 aromatic carbocycles. The first-order valence-corrected chi connectivity index (χ1v) is 16.6. The molecule has 2 amide bonds. The Morgan fingerprint density at radius 3 is 2.11 bits per heavy atom. The molecule has 2 fully saturated rings. The van der Waals surface area contributed by atoms with Gasteiger partial charge in [-0.3, -0.25) is 23.9 Å². The van der Waals surface area contributed by atoms with Gasteiger partial charge in [-0.25, -0.2) is 4.79 Å². The van der Waals surface area contributed by atoms with Crippen LogP contribution in [0.5, 0.6) is 11.5 Å². The van der Waals surface area contributed by atoms with Crippen molar-refractivity contribution >= 4 is 11.8 Å². The second kappa shape index (κ2) is 15.2. The van der Waals surface area contributed by atoms with Crippen LogP contribution in [0, 0.1) is 11.8 Å². The zero-order valence-electron chi connectivity index (χ0n) is 28.9. The van der Waals surface area contributed by atoms with Crippen LogP contribution in [0.25, 0.3) is 0 Å². The number of carbonyl (C=O) groups is 2. The maximum Gasteiger partial charge on any atom is 0.471 e. The first-order chi connectivity index (χ1) is 25.8. The normalized spacial score (nSPS) is 20.4. The molecule has 3 heterocycles. The monoisotopic (exact) mass is 748 g/mol. The Kier molecular flexibility index (Phi) is 10.7. The van der Waals surface area contributed by atoms with Gasteiger partial charge < -0.3 is 34.7 Å². The lowest BCUT2D eigenvalue weighted by Gasteiger charge is -2.43. The highest BCUT2D eigenvalue weighted by molar-refractivity contribution is 5.87. The van der Waals surface area contributed by atoms with E-state index in [0.717, 1.165) is 27.5 Å². The van der Waals surface area contributed by atoms with Crippen molar-refractivity contribution in [1.29, 1.82) is 0 Å². The number of aromatic nitrogens is 2. The van der Waals surface area contributed by atoms with Crippen LogP contribution in [0.4, 0.5) is 13.2 Å². The Morgan fingerprint density at radius 2 is 1.54 bits per heavy atom. The molecule has 282 valence electrons. The molecule has 4 N–H and O–H groups in total. The minimum absolute atomic E-state index is 0.0237. The van der Waals surface area contributed by atoms with Gasteiger partial charge in [-0.15, -0.1) is 0 Å². The lowest BCUT2D eigenvalue weighted by atomic mass is 9.63. The summed E-state index contributed by atoms with van der Waals surface area (Å²) in [5, 5.41) is 15.5. The van der Waals surface area contributed by atoms with Crippen molar-refractivity contribution in [1.82, 2.24) is 20.2 Å². The lowest BCUT2D eigenvalue weighted by molar-refractivity contribution is -0.180. The summed E-state index contributed by atoms with van der Waals surface area (Å²) in [6.07, 6.45) is -7.32. The second-order valence-corrected chi connectivity index (χ2v) is 12.7. The predicted octanol–water partition coefficient (Wildman–Crippen LogP) is 2.15. The molecule has 2 saturated heterocycles. The number of rotatable bonds is 11. The van der Waals surface area contributed by atoms with E-state index >= 15 is 0 Å². The summed E-state index contributed by atoms with van der Waals surface area (Å²) in [7, 11) is 3.14. The molecule has 16 heteroatoms. The summed E-state index contributed by atoms with van der Waals surface area (Å²) in [5.41, 5.74) is -1.67. The number of ether oxygens (including phenoxy) is 4. The van der Waals surface area contributed by atoms with Gasteiger partial charge in [0, 0.05) is 11.6 Å². The fourth-order valence-electron chi connectivity index (χ4n) is 6.87. The van der Waals surface area contributed by atoms with E-state index in [9.17, 15) is 37.5 Å². The van der Waals surface area contributed by atoms with Gasteiger partial charge in [-0.2, -0.15) is 13.2 Å². The molecule has 4 aromatic rings. The van der Waals surface area contributed by atoms with Crippen LogP contribution in [0.1, 0.15) is 34.9 Å². The quantitative estimate of drug-likeness (QED) is 0.133. The van der Waals surface area contributed by atoms with Gasteiger partial charge in [-0.05, 0) is 47.4 Å². The van der Waals surface area contributed by atoms with Crippen molar-refractivity contribution in [2.75, 3.05) is 33.9 Å². The average Bonchev–Trinajstić information content (AvgIpc) is 3.62. The van der Waals surface area contributed by atoms with E-state index in [1.807, 2.05) is 78.9 Å². The van der Waals surface area contributed by atoms with E-state index in [4.69, 9.17) is 18.9 Å². The van der Waals surface area contributed by atoms with E-state index < -0.39 is 71.8 Å². The van der Waals surface area contributed by atoms with Crippen molar-refractivity contribution in [3.63, 3.8) is 0 Å². The maximum atomic E-state index is 13.2. The van der Waals surface area contributed by atoms with Crippen LogP contribution < -0.4 is 31.4 Å². The second-order valence-electron chi connectivity index (χ2n) is 12.7. The number of methoxy groups -OCH3 is 2. The first-order valence-electron chi connectivity index (χ1n) is 16.6. The van der Waals surface area contributed by atoms with E-state index in [1.54, 1.807) is 14.2 Å². The molecular formula is C38H35F3N4O9. The molecule has 0 spiro atoms. The molecule has 2 aliphatic rings. The first kappa shape index (κ1) is 37.9. The van der Waals surface area contributed by atoms with E-state index in [-0.39, 0.29) is 18.6 Å². The summed E-state index contributed by atoms with van der Waals surface area (Å²) < 4.78 is 61.8. The number of fused-ring (bicyclic) bond motifs is 2. The molecule has 2 aliphatic heterocycles. The number of hydrogen-bond donors (Lipinski definition) is 4. The Morgan fingerprint density at radius 1 is 0.944 bits per heavy atom. The number of hydrogen-bond acceptors (Lipinski definition) is 9. The molecule has 0 aliphatic carbocycles. The summed E-state index contributed by atoms with van der Waals surface area (Å²) in [5.74, 6) is 3.06. The number of amides is 2. The number of aliphatic hydroxyl groups excluding tert-OH is 1. The molecule has 6 rings (SSSR count). The van der Waals surface area contributed by atoms with Gasteiger partial charge in [0.2, 0.25) is 5.91 Å². The van der Waals surface area contributed by atoms with Crippen molar-refractivity contribution in [2.45, 2.75) is 42.0 Å². The van der Waals surface area contributed by atoms with Gasteiger partial charge in [0.1, 0.15) is 34.9 Å². The zero-order valence-corrected chi connectivity index (χ0v) is 28.9. The lowest BCUT2D eigenvalue weighted by Crippen LogP contribution is -2.48. The Labute approximate surface area is 306 Å². The van der Waals surface area contributed by atoms with Gasteiger partial charge >= 0.3 is 17.8 Å². The number of benzene rings is 3. The number of nitrogens with one attached hydrogen (secondary N) is 3. The standard InChI is InChI=1S/C38H35F3N4O9/c1-51-27-14-10-25(11-15-27)37(24-8-4-3-5-9-24,26-12-16-28(52-2)17-13-26)21-36-22-53-30(31(36)47)33(54-36)45-20-23(32(48)44-35(45)50)7-6-18-42-29(46)19-43-34(49)38(39,40)41/h3-5,8-17,20,30-31,33,47H,18-19,21-22H2,1-2H3,(H,42,46)(H,43,49)(H,44,48,50)/t30-,31?,33+,36-/m0/s1. The molecule has 2 bridgehead atoms. The van der Waals surface area contributed by atoms with Gasteiger partial charge in [-0.1, -0.05) is 66.4 Å². The van der Waals surface area contributed by atoms with Crippen LogP contribution in [-0.4, -0.2) is 84.4 Å². The largest absolute Gasteiger partial charge is 0.497 e. The van der Waals surface area contributed by atoms with Crippen molar-refractivity contribution < 1.29 is 46.8 Å². The summed E-state index contributed by atoms with van der Waals surface area (Å²) in [6, 6.07) is 24.8. The molecule has 1 aromatic heterocycles. The van der Waals surface area contributed by atoms with Crippen LogP contribution in [0.2, 0.25) is 0 Å². The number of alkyl halides is 3. The number of aliphatic hydroxyl groups is 1. The van der Waals surface area contributed by atoms with E-state index in [1.165, 1.54) is 5.32 Å². The van der Waals surface area contributed by atoms with Gasteiger partial charge in [0.25, 0.3) is 5.56 Å². The fourth-order valence-corrected chi connectivity index (χ4v) is 6.87. The number of carbonyl (C=O) groups excluding carboxylic acids is 2. The smallest absolute Gasteiger partial charge is 0.471 e. The third-order valence-electron chi connectivity index (χ3n) is 9.51. The Balaban J connectivity index is 1.32. The molecule has 1 unspecified atom stereocenters. The molecule has 4 atom stereocenters. The summed E-state index contributed by atoms with van der Waals surface area (Å²) >= 11 is 0. The summed E-state index contributed by atoms with van der Waals surface area (Å²) in [4.78, 5) is 50.9. The van der Waals surface area contributed by atoms with Crippen molar-refractivity contribution in [3.8, 4) is 23.3 Å². The minimum atomic E-state index is -5.15. The number of H-pyrrole nitrogens is 1. The third-order valence-corrected chi connectivity index (χ3v) is 9.51. The van der Waals surface area contributed by atoms with Crippen molar-refractivity contribution in [2.24, 2.45) is 0 Å². The highest BCUT2D eigenvalue weighted by Crippen LogP contribution is 2.54. The number of halogens is 3. The van der Waals surface area contributed by atoms with Crippen LogP contribution in [0.3, 0.4) is 0 Å². The zero-order chi connectivity index (χ0) is 38.7. The molecule has 0 radical (unpaired) electrons. The number of nitrogens with zero attached hydrogens (tertiary/aromatic N) is 1. The maximum absolute atomic E-state index is 13.2. The third kappa shape index (κ3) is 7.33. The molecule has 0 saturated carbocycles. The van der Waals surface area contributed by atoms with Crippen LogP contribution in [0.15, 0.2) is 94.6 Å². The van der Waals surface area contributed by atoms with Crippen LogP contribution >= 0.6 is 0 Å². The Bertz CT molecular complexity index is 2130. The Hall–Kier alpha value is -5.89. The predicted molar refractivity (Wildman–Crippen MR) is 186 cm³/mol. The highest BCUT2D eigenvalue weighted by Gasteiger charge is 2.64. The highest BCUT2D eigenvalue weighted by atomic mass is 19.4. The molecular weight excluding hydrogens is 713 g/mol. The van der Waals surface area contributed by atoms with Gasteiger partial charge in [0.05, 0.1) is 33.9 Å². The van der Waals surface area contributed by atoms with Gasteiger partial charge in [0.15, 0.2) is 6.23 Å². The summed E-state index contributed by atoms with van der Waals surface area (Å²) in [6.45, 7) is -1.37. The minimum Gasteiger partial charge on any atom is -0.497 e. The van der Waals surface area contributed by atoms with Crippen molar-refractivity contribution in [3.05, 3.63) is 128 Å². The van der Waals surface area contributed by atoms with Crippen LogP contribution in [-0.2, 0) is 24.5 Å².